The number of aromatic carboxylic acids is 1. The average Bonchev–Trinajstić information content (AvgIpc) is 3.53. The van der Waals surface area contributed by atoms with Gasteiger partial charge in [0.15, 0.2) is 11.3 Å². The number of aromatic amines is 1. The Balaban J connectivity index is 1.14. The molecular formula is C30H30FN7O4. The minimum Gasteiger partial charge on any atom is -0.475 e. The zero-order valence-corrected chi connectivity index (χ0v) is 22.9. The molecule has 1 aromatic carbocycles. The van der Waals surface area contributed by atoms with Gasteiger partial charge in [-0.3, -0.25) is 4.90 Å². The van der Waals surface area contributed by atoms with Gasteiger partial charge in [-0.15, -0.1) is 6.58 Å². The number of benzene rings is 1. The van der Waals surface area contributed by atoms with Crippen LogP contribution in [0, 0.1) is 17.1 Å². The van der Waals surface area contributed by atoms with Gasteiger partial charge in [0.25, 0.3) is 0 Å². The fraction of sp³-hybridized carbons (Fsp3) is 0.367. The molecule has 2 N–H and O–H groups in total. The summed E-state index contributed by atoms with van der Waals surface area (Å²) in [5.41, 5.74) is 2.08. The molecule has 3 aromatic heterocycles. The highest BCUT2D eigenvalue weighted by Crippen LogP contribution is 2.37. The van der Waals surface area contributed by atoms with Gasteiger partial charge in [-0.05, 0) is 50.6 Å². The molecule has 2 fully saturated rings. The summed E-state index contributed by atoms with van der Waals surface area (Å²) in [5, 5.41) is 18.3. The van der Waals surface area contributed by atoms with Crippen LogP contribution < -0.4 is 4.74 Å². The lowest BCUT2D eigenvalue weighted by atomic mass is 9.75. The monoisotopic (exact) mass is 571 g/mol. The first-order valence-corrected chi connectivity index (χ1v) is 13.8. The molecule has 2 aliphatic rings. The van der Waals surface area contributed by atoms with Crippen molar-refractivity contribution in [2.24, 2.45) is 0 Å². The Bertz CT molecular complexity index is 1680. The van der Waals surface area contributed by atoms with Crippen molar-refractivity contribution >= 4 is 17.3 Å². The highest BCUT2D eigenvalue weighted by molar-refractivity contribution is 5.87. The number of piperidine rings is 1. The average molecular weight is 572 g/mol. The molecule has 0 unspecified atom stereocenters. The van der Waals surface area contributed by atoms with Crippen LogP contribution in [0.5, 0.6) is 5.88 Å². The van der Waals surface area contributed by atoms with Crippen molar-refractivity contribution in [2.45, 2.75) is 50.5 Å². The zero-order chi connectivity index (χ0) is 29.3. The summed E-state index contributed by atoms with van der Waals surface area (Å²) in [6.07, 6.45) is 4.52. The number of carboxylic acid groups (broad SMARTS) is 1. The number of likely N-dealkylation sites (tertiary alicyclic amines) is 1. The van der Waals surface area contributed by atoms with Crippen LogP contribution in [-0.4, -0.2) is 66.3 Å². The summed E-state index contributed by atoms with van der Waals surface area (Å²) < 4.78 is 27.7. The Morgan fingerprint density at radius 2 is 2.10 bits per heavy atom. The van der Waals surface area contributed by atoms with E-state index in [-0.39, 0.29) is 29.5 Å². The molecule has 2 aliphatic heterocycles. The fourth-order valence-electron chi connectivity index (χ4n) is 5.51. The van der Waals surface area contributed by atoms with Crippen LogP contribution in [0.2, 0.25) is 0 Å². The van der Waals surface area contributed by atoms with Crippen molar-refractivity contribution in [1.29, 1.82) is 5.26 Å². The highest BCUT2D eigenvalue weighted by atomic mass is 19.1. The van der Waals surface area contributed by atoms with E-state index < -0.39 is 11.8 Å². The number of nitriles is 1. The van der Waals surface area contributed by atoms with Crippen molar-refractivity contribution in [3.05, 3.63) is 83.3 Å². The lowest BCUT2D eigenvalue weighted by Crippen LogP contribution is -2.42. The number of nitrogens with zero attached hydrogens (tertiary/aromatic N) is 6. The molecule has 0 radical (unpaired) electrons. The second kappa shape index (κ2) is 11.3. The molecule has 12 heteroatoms. The van der Waals surface area contributed by atoms with E-state index in [1.54, 1.807) is 18.2 Å². The summed E-state index contributed by atoms with van der Waals surface area (Å²) in [6.45, 7) is 7.55. The Hall–Kier alpha value is -4.60. The number of nitrogens with one attached hydrogen (secondary N) is 1. The van der Waals surface area contributed by atoms with Gasteiger partial charge in [0.2, 0.25) is 11.7 Å². The standard InChI is InChI=1S/C30H30FN7O4/c1-2-30(23-4-3-5-25(33-23)42-18-20-7-6-19(15-32)14-22(20)31)9-11-37(12-10-30)17-24-34-26-28(36-27(35-26)29(39)40)38(24)16-21-8-13-41-21/h2-7,14,21H,1,8-13,16-18H2,(H,35,36)(H,39,40)/t21-/m0/s1. The number of halogens is 1. The molecule has 4 aromatic rings. The molecule has 0 bridgehead atoms. The van der Waals surface area contributed by atoms with E-state index >= 15 is 0 Å². The largest absolute Gasteiger partial charge is 0.475 e. The molecule has 216 valence electrons. The van der Waals surface area contributed by atoms with Gasteiger partial charge in [-0.25, -0.2) is 24.1 Å². The quantitative estimate of drug-likeness (QED) is 0.271. The van der Waals surface area contributed by atoms with Gasteiger partial charge >= 0.3 is 5.97 Å². The normalized spacial score (nSPS) is 18.3. The second-order valence-corrected chi connectivity index (χ2v) is 10.7. The van der Waals surface area contributed by atoms with Crippen molar-refractivity contribution in [1.82, 2.24) is 29.4 Å². The summed E-state index contributed by atoms with van der Waals surface area (Å²) >= 11 is 0. The van der Waals surface area contributed by atoms with Crippen molar-refractivity contribution in [2.75, 3.05) is 19.7 Å². The van der Waals surface area contributed by atoms with Gasteiger partial charge in [-0.2, -0.15) is 5.26 Å². The van der Waals surface area contributed by atoms with Crippen molar-refractivity contribution in [3.63, 3.8) is 0 Å². The SMILES string of the molecule is C=CC1(c2cccc(OCc3ccc(C#N)cc3F)n2)CCN(Cc2nc3[nH]c(C(=O)O)nc3n2C[C@@H]2CCO2)CC1. The molecule has 42 heavy (non-hydrogen) atoms. The van der Waals surface area contributed by atoms with E-state index in [2.05, 4.69) is 21.4 Å². The van der Waals surface area contributed by atoms with Gasteiger partial charge in [0.05, 0.1) is 36.5 Å². The summed E-state index contributed by atoms with van der Waals surface area (Å²) in [5.74, 6) is -0.537. The van der Waals surface area contributed by atoms with E-state index in [0.29, 0.717) is 35.8 Å². The maximum absolute atomic E-state index is 14.3. The Kier molecular flexibility index (Phi) is 7.45. The number of H-pyrrole nitrogens is 1. The number of ether oxygens (including phenoxy) is 2. The molecule has 11 nitrogen and oxygen atoms in total. The number of imidazole rings is 2. The van der Waals surface area contributed by atoms with Gasteiger partial charge in [0, 0.05) is 23.7 Å². The minimum atomic E-state index is -1.12. The van der Waals surface area contributed by atoms with Crippen LogP contribution in [0.3, 0.4) is 0 Å². The van der Waals surface area contributed by atoms with Gasteiger partial charge in [-0.1, -0.05) is 18.2 Å². The van der Waals surface area contributed by atoms with Gasteiger partial charge in [0.1, 0.15) is 18.2 Å². The van der Waals surface area contributed by atoms with Crippen molar-refractivity contribution < 1.29 is 23.8 Å². The number of hydrogen-bond donors (Lipinski definition) is 2. The Morgan fingerprint density at radius 1 is 1.29 bits per heavy atom. The van der Waals surface area contributed by atoms with Crippen LogP contribution >= 0.6 is 0 Å². The summed E-state index contributed by atoms with van der Waals surface area (Å²) in [4.78, 5) is 30.3. The Morgan fingerprint density at radius 3 is 2.76 bits per heavy atom. The number of fused-ring (bicyclic) bond motifs is 1. The molecular weight excluding hydrogens is 541 g/mol. The van der Waals surface area contributed by atoms with Crippen LogP contribution in [-0.2, 0) is 29.8 Å². The number of pyridine rings is 1. The van der Waals surface area contributed by atoms with Gasteiger partial charge < -0.3 is 24.1 Å². The molecule has 1 atom stereocenters. The molecule has 0 saturated carbocycles. The first kappa shape index (κ1) is 27.6. The van der Waals surface area contributed by atoms with Crippen LogP contribution in [0.15, 0.2) is 49.1 Å². The second-order valence-electron chi connectivity index (χ2n) is 10.7. The predicted octanol–water partition coefficient (Wildman–Crippen LogP) is 3.95. The molecule has 5 heterocycles. The number of carboxylic acids is 1. The minimum absolute atomic E-state index is 0.00174. The summed E-state index contributed by atoms with van der Waals surface area (Å²) in [6, 6.07) is 11.8. The molecule has 6 rings (SSSR count). The highest BCUT2D eigenvalue weighted by Gasteiger charge is 2.36. The number of rotatable bonds is 10. The van der Waals surface area contributed by atoms with Crippen molar-refractivity contribution in [3.8, 4) is 11.9 Å². The topological polar surface area (TPSA) is 142 Å². The number of carbonyl (C=O) groups is 1. The van der Waals surface area contributed by atoms with Crippen LogP contribution in [0.4, 0.5) is 4.39 Å². The van der Waals surface area contributed by atoms with Crippen LogP contribution in [0.1, 0.15) is 52.5 Å². The Labute approximate surface area is 241 Å². The number of hydrogen-bond acceptors (Lipinski definition) is 8. The first-order chi connectivity index (χ1) is 20.4. The lowest BCUT2D eigenvalue weighted by molar-refractivity contribution is -0.0593. The predicted molar refractivity (Wildman–Crippen MR) is 149 cm³/mol. The van der Waals surface area contributed by atoms with Crippen LogP contribution in [0.25, 0.3) is 11.3 Å². The molecule has 0 amide bonds. The van der Waals surface area contributed by atoms with E-state index in [1.165, 1.54) is 6.07 Å². The smallest absolute Gasteiger partial charge is 0.372 e. The zero-order valence-electron chi connectivity index (χ0n) is 22.9. The third kappa shape index (κ3) is 5.36. The van der Waals surface area contributed by atoms with E-state index in [4.69, 9.17) is 24.7 Å². The fourth-order valence-corrected chi connectivity index (χ4v) is 5.51. The maximum Gasteiger partial charge on any atom is 0.372 e. The first-order valence-electron chi connectivity index (χ1n) is 13.8. The summed E-state index contributed by atoms with van der Waals surface area (Å²) in [7, 11) is 0. The number of aromatic nitrogens is 5. The third-order valence-electron chi connectivity index (χ3n) is 8.15. The van der Waals surface area contributed by atoms with E-state index in [1.807, 2.05) is 28.8 Å². The molecule has 2 saturated heterocycles. The lowest BCUT2D eigenvalue weighted by Gasteiger charge is -2.39. The number of allylic oxidation sites excluding steroid dienone is 1. The third-order valence-corrected chi connectivity index (χ3v) is 8.15. The molecule has 0 aliphatic carbocycles. The van der Waals surface area contributed by atoms with E-state index in [9.17, 15) is 14.3 Å². The van der Waals surface area contributed by atoms with E-state index in [0.717, 1.165) is 50.5 Å². The maximum atomic E-state index is 14.3. The molecule has 0 spiro atoms.